The van der Waals surface area contributed by atoms with Crippen molar-refractivity contribution in [2.24, 2.45) is 0 Å². The summed E-state index contributed by atoms with van der Waals surface area (Å²) in [6, 6.07) is 7.91. The van der Waals surface area contributed by atoms with Gasteiger partial charge in [-0.2, -0.15) is 4.98 Å². The van der Waals surface area contributed by atoms with Gasteiger partial charge in [0, 0.05) is 24.8 Å². The van der Waals surface area contributed by atoms with Crippen LogP contribution < -0.4 is 10.6 Å². The molecule has 1 aromatic carbocycles. The zero-order valence-corrected chi connectivity index (χ0v) is 15.3. The molecule has 26 heavy (non-hydrogen) atoms. The number of anilines is 2. The van der Waals surface area contributed by atoms with Crippen molar-refractivity contribution in [3.63, 3.8) is 0 Å². The first kappa shape index (κ1) is 18.3. The molecule has 0 aliphatic rings. The van der Waals surface area contributed by atoms with Gasteiger partial charge in [0.05, 0.1) is 6.20 Å². The molecular formula is C17H15Cl2FN6. The van der Waals surface area contributed by atoms with Gasteiger partial charge in [-0.3, -0.25) is 0 Å². The number of hydrogen-bond donors (Lipinski definition) is 2. The van der Waals surface area contributed by atoms with E-state index < -0.39 is 5.82 Å². The number of halogens is 3. The summed E-state index contributed by atoms with van der Waals surface area (Å²) in [7, 11) is 0. The van der Waals surface area contributed by atoms with Crippen molar-refractivity contribution in [3.8, 4) is 0 Å². The first-order valence-electron chi connectivity index (χ1n) is 7.74. The average molecular weight is 393 g/mol. The number of nitrogens with zero attached hydrogens (tertiary/aromatic N) is 4. The van der Waals surface area contributed by atoms with Crippen LogP contribution in [0.2, 0.25) is 10.3 Å². The Morgan fingerprint density at radius 3 is 1.85 bits per heavy atom. The zero-order valence-electron chi connectivity index (χ0n) is 13.8. The molecule has 0 bridgehead atoms. The normalized spacial score (nSPS) is 10.6. The fraction of sp³-hybridized carbons (Fsp3) is 0.176. The first-order chi connectivity index (χ1) is 12.5. The molecule has 134 valence electrons. The third-order valence-corrected chi connectivity index (χ3v) is 4.18. The average Bonchev–Trinajstić information content (AvgIpc) is 2.64. The van der Waals surface area contributed by atoms with Crippen LogP contribution in [-0.4, -0.2) is 19.9 Å². The van der Waals surface area contributed by atoms with E-state index in [1.165, 1.54) is 0 Å². The van der Waals surface area contributed by atoms with Crippen molar-refractivity contribution in [1.29, 1.82) is 0 Å². The molecule has 2 N–H and O–H groups in total. The standard InChI is InChI=1S/C17H15Cl2FN6/c1-10-6-21-16(25-14(10)18)22-7-11-2-4-12(5-3-11)8-23-17-24-9-13(20)15(19)26-17/h2-6,9H,7-8H2,1H3,(H,21,22,25)(H,23,24,26). The maximum Gasteiger partial charge on any atom is 0.224 e. The van der Waals surface area contributed by atoms with Gasteiger partial charge in [0.1, 0.15) is 5.15 Å². The molecule has 6 nitrogen and oxygen atoms in total. The van der Waals surface area contributed by atoms with Gasteiger partial charge in [0.25, 0.3) is 0 Å². The number of hydrogen-bond acceptors (Lipinski definition) is 6. The molecule has 2 aromatic heterocycles. The van der Waals surface area contributed by atoms with E-state index in [1.54, 1.807) is 6.20 Å². The van der Waals surface area contributed by atoms with Crippen LogP contribution in [0.5, 0.6) is 0 Å². The lowest BCUT2D eigenvalue weighted by atomic mass is 10.1. The molecule has 0 saturated carbocycles. The molecule has 0 fully saturated rings. The van der Waals surface area contributed by atoms with E-state index in [1.807, 2.05) is 31.2 Å². The van der Waals surface area contributed by atoms with Crippen molar-refractivity contribution < 1.29 is 4.39 Å². The highest BCUT2D eigenvalue weighted by molar-refractivity contribution is 6.30. The smallest absolute Gasteiger partial charge is 0.224 e. The second-order valence-corrected chi connectivity index (χ2v) is 6.24. The van der Waals surface area contributed by atoms with Gasteiger partial charge < -0.3 is 10.6 Å². The Labute approximate surface area is 159 Å². The maximum absolute atomic E-state index is 13.0. The minimum atomic E-state index is -0.645. The van der Waals surface area contributed by atoms with E-state index >= 15 is 0 Å². The van der Waals surface area contributed by atoms with E-state index in [0.29, 0.717) is 24.2 Å². The summed E-state index contributed by atoms with van der Waals surface area (Å²) in [5.41, 5.74) is 2.92. The van der Waals surface area contributed by atoms with Crippen LogP contribution >= 0.6 is 23.2 Å². The van der Waals surface area contributed by atoms with Crippen LogP contribution in [-0.2, 0) is 13.1 Å². The van der Waals surface area contributed by atoms with E-state index in [4.69, 9.17) is 23.2 Å². The minimum absolute atomic E-state index is 0.206. The Kier molecular flexibility index (Phi) is 5.80. The van der Waals surface area contributed by atoms with Crippen LogP contribution in [0.3, 0.4) is 0 Å². The van der Waals surface area contributed by atoms with E-state index in [-0.39, 0.29) is 11.1 Å². The van der Waals surface area contributed by atoms with Crippen LogP contribution in [0.4, 0.5) is 16.3 Å². The number of rotatable bonds is 6. The van der Waals surface area contributed by atoms with Gasteiger partial charge in [-0.05, 0) is 18.1 Å². The fourth-order valence-corrected chi connectivity index (χ4v) is 2.33. The largest absolute Gasteiger partial charge is 0.350 e. The Morgan fingerprint density at radius 1 is 0.846 bits per heavy atom. The van der Waals surface area contributed by atoms with Crippen molar-refractivity contribution in [2.45, 2.75) is 20.0 Å². The number of aromatic nitrogens is 4. The predicted octanol–water partition coefficient (Wildman–Crippen LogP) is 4.25. The Bertz CT molecular complexity index is 830. The highest BCUT2D eigenvalue weighted by Crippen LogP contribution is 2.14. The van der Waals surface area contributed by atoms with Crippen molar-refractivity contribution >= 4 is 35.1 Å². The highest BCUT2D eigenvalue weighted by atomic mass is 35.5. The van der Waals surface area contributed by atoms with Crippen molar-refractivity contribution in [3.05, 3.63) is 69.5 Å². The van der Waals surface area contributed by atoms with E-state index in [0.717, 1.165) is 22.9 Å². The topological polar surface area (TPSA) is 75.6 Å². The Balaban J connectivity index is 1.54. The number of nitrogens with one attached hydrogen (secondary N) is 2. The molecule has 0 unspecified atom stereocenters. The summed E-state index contributed by atoms with van der Waals surface area (Å²) < 4.78 is 13.0. The first-order valence-corrected chi connectivity index (χ1v) is 8.49. The predicted molar refractivity (Wildman–Crippen MR) is 99.9 cm³/mol. The minimum Gasteiger partial charge on any atom is -0.350 e. The molecule has 0 saturated heterocycles. The Morgan fingerprint density at radius 2 is 1.35 bits per heavy atom. The van der Waals surface area contributed by atoms with Gasteiger partial charge in [0.15, 0.2) is 11.0 Å². The summed E-state index contributed by atoms with van der Waals surface area (Å²) in [4.78, 5) is 16.0. The molecular weight excluding hydrogens is 378 g/mol. The van der Waals surface area contributed by atoms with Gasteiger partial charge in [-0.25, -0.2) is 19.3 Å². The summed E-state index contributed by atoms with van der Waals surface area (Å²) in [5, 5.41) is 6.35. The molecule has 0 aliphatic heterocycles. The third kappa shape index (κ3) is 4.77. The van der Waals surface area contributed by atoms with Crippen LogP contribution in [0.25, 0.3) is 0 Å². The molecule has 0 aliphatic carbocycles. The maximum atomic E-state index is 13.0. The molecule has 0 radical (unpaired) electrons. The van der Waals surface area contributed by atoms with Gasteiger partial charge in [-0.15, -0.1) is 0 Å². The molecule has 0 spiro atoms. The lowest BCUT2D eigenvalue weighted by molar-refractivity contribution is 0.614. The lowest BCUT2D eigenvalue weighted by Crippen LogP contribution is -2.06. The Hall–Kier alpha value is -2.51. The van der Waals surface area contributed by atoms with Gasteiger partial charge in [0.2, 0.25) is 11.9 Å². The molecule has 3 rings (SSSR count). The van der Waals surface area contributed by atoms with Crippen LogP contribution in [0.1, 0.15) is 16.7 Å². The number of benzene rings is 1. The lowest BCUT2D eigenvalue weighted by Gasteiger charge is -2.08. The zero-order chi connectivity index (χ0) is 18.5. The fourth-order valence-electron chi connectivity index (χ4n) is 2.08. The molecule has 3 aromatic rings. The molecule has 0 amide bonds. The molecule has 0 atom stereocenters. The molecule has 2 heterocycles. The van der Waals surface area contributed by atoms with Crippen LogP contribution in [0.15, 0.2) is 36.7 Å². The van der Waals surface area contributed by atoms with Crippen LogP contribution in [0, 0.1) is 12.7 Å². The second-order valence-electron chi connectivity index (χ2n) is 5.52. The quantitative estimate of drug-likeness (QED) is 0.610. The number of aryl methyl sites for hydroxylation is 1. The van der Waals surface area contributed by atoms with Gasteiger partial charge >= 0.3 is 0 Å². The summed E-state index contributed by atoms with van der Waals surface area (Å²) >= 11 is 11.6. The third-order valence-electron chi connectivity index (χ3n) is 3.54. The summed E-state index contributed by atoms with van der Waals surface area (Å²) in [6.07, 6.45) is 2.71. The SMILES string of the molecule is Cc1cnc(NCc2ccc(CNc3ncc(F)c(Cl)n3)cc2)nc1Cl. The summed E-state index contributed by atoms with van der Waals surface area (Å²) in [6.45, 7) is 2.92. The second kappa shape index (κ2) is 8.25. The summed E-state index contributed by atoms with van der Waals surface area (Å²) in [5.74, 6) is 0.111. The highest BCUT2D eigenvalue weighted by Gasteiger charge is 2.04. The monoisotopic (exact) mass is 392 g/mol. The van der Waals surface area contributed by atoms with Crippen molar-refractivity contribution in [2.75, 3.05) is 10.6 Å². The van der Waals surface area contributed by atoms with Gasteiger partial charge in [-0.1, -0.05) is 47.5 Å². The van der Waals surface area contributed by atoms with E-state index in [2.05, 4.69) is 30.6 Å². The van der Waals surface area contributed by atoms with Crippen molar-refractivity contribution in [1.82, 2.24) is 19.9 Å². The molecule has 9 heteroatoms. The van der Waals surface area contributed by atoms with E-state index in [9.17, 15) is 4.39 Å².